The number of hydrogen-bond acceptors (Lipinski definition) is 8. The number of nitrogens with one attached hydrogen (secondary N) is 2. The molecule has 0 spiro atoms. The van der Waals surface area contributed by atoms with Crippen LogP contribution in [0.4, 0.5) is 15.8 Å². The molecule has 2 aliphatic carbocycles. The second kappa shape index (κ2) is 11.5. The van der Waals surface area contributed by atoms with Gasteiger partial charge in [-0.25, -0.2) is 4.39 Å². The summed E-state index contributed by atoms with van der Waals surface area (Å²) in [6.07, 6.45) is 0.698. The number of halogens is 2. The lowest BCUT2D eigenvalue weighted by molar-refractivity contribution is -0.123. The average Bonchev–Trinajstić information content (AvgIpc) is 3.80. The first-order valence-electron chi connectivity index (χ1n) is 15.1. The summed E-state index contributed by atoms with van der Waals surface area (Å²) in [5.74, 6) is -1.96. The van der Waals surface area contributed by atoms with Crippen molar-refractivity contribution in [3.05, 3.63) is 97.7 Å². The number of thiazole rings is 1. The van der Waals surface area contributed by atoms with Crippen LogP contribution in [0, 0.1) is 35.4 Å². The Balaban J connectivity index is 1.12. The summed E-state index contributed by atoms with van der Waals surface area (Å²) < 4.78 is 25.0. The Hall–Kier alpha value is -4.13. The summed E-state index contributed by atoms with van der Waals surface area (Å²) >= 11 is 9.26. The molecule has 0 radical (unpaired) electrons. The molecule has 4 aliphatic rings. The van der Waals surface area contributed by atoms with Crippen molar-refractivity contribution in [3.63, 3.8) is 0 Å². The number of thioether (sulfide) groups is 1. The number of amides is 3. The van der Waals surface area contributed by atoms with Crippen LogP contribution in [-0.2, 0) is 14.4 Å². The second-order valence-corrected chi connectivity index (χ2v) is 14.8. The number of carbonyl (C=O) groups excluding carboxylic acids is 3. The fourth-order valence-electron chi connectivity index (χ4n) is 8.12. The lowest BCUT2D eigenvalue weighted by Crippen LogP contribution is -2.42. The molecular weight excluding hydrogens is 665 g/mol. The van der Waals surface area contributed by atoms with Crippen LogP contribution >= 0.6 is 34.7 Å². The molecule has 2 saturated carbocycles. The van der Waals surface area contributed by atoms with E-state index in [1.54, 1.807) is 61.3 Å². The van der Waals surface area contributed by atoms with Crippen LogP contribution < -0.4 is 24.6 Å². The van der Waals surface area contributed by atoms with Gasteiger partial charge in [0.25, 0.3) is 5.91 Å². The Bertz CT molecular complexity index is 1980. The molecule has 13 heteroatoms. The molecule has 3 aromatic carbocycles. The van der Waals surface area contributed by atoms with E-state index in [9.17, 15) is 23.6 Å². The van der Waals surface area contributed by atoms with Crippen LogP contribution in [0.15, 0.2) is 76.6 Å². The number of methoxy groups -OCH3 is 1. The molecule has 240 valence electrons. The first kappa shape index (κ1) is 30.2. The molecule has 0 unspecified atom stereocenters. The van der Waals surface area contributed by atoms with Gasteiger partial charge in [-0.15, -0.1) is 11.8 Å². The van der Waals surface area contributed by atoms with Gasteiger partial charge in [-0.05, 0) is 90.9 Å². The lowest BCUT2D eigenvalue weighted by atomic mass is 9.68. The summed E-state index contributed by atoms with van der Waals surface area (Å²) in [5.41, 5.74) is 1.67. The highest BCUT2D eigenvalue weighted by Gasteiger charge is 2.69. The van der Waals surface area contributed by atoms with Crippen molar-refractivity contribution >= 4 is 63.8 Å². The van der Waals surface area contributed by atoms with Crippen molar-refractivity contribution < 1.29 is 28.2 Å². The predicted octanol–water partition coefficient (Wildman–Crippen LogP) is 5.93. The molecule has 2 N–H and O–H groups in total. The smallest absolute Gasteiger partial charge is 0.305 e. The maximum Gasteiger partial charge on any atom is 0.305 e. The number of benzene rings is 3. The standard InChI is InChI=1S/C34H27ClFN3O6S2/c1-44-19-9-5-17(6-10-19)37-24(40)14-45-23-11-2-15(35)12-20(23)25-26-21-13-22(29(26)46-31-30(25)47-34(43)38-31)28-27(21)32(41)39(33(28)42)18-7-3-16(36)4-8-18/h2-12,21-22,25-29H,13-14H2,1H3,(H,37,40)(H,38,43)/t21-,22-,25+,26-,27+,28+,29-/m1/s1. The van der Waals surface area contributed by atoms with Gasteiger partial charge < -0.3 is 19.8 Å². The fourth-order valence-corrected chi connectivity index (χ4v) is 11.2. The Kier molecular flexibility index (Phi) is 7.42. The van der Waals surface area contributed by atoms with Crippen molar-refractivity contribution in [2.45, 2.75) is 22.6 Å². The zero-order valence-corrected chi connectivity index (χ0v) is 27.2. The SMILES string of the molecule is COc1ccc(NC(=O)COc2ccc(Cl)cc2[C@@H]2c3sc(=O)[nH]c3S[C@@H]3[C@@H]4C[C@@H]([C@@H]5C(=O)N(c6ccc(F)cc6)C(=O)[C@@H]45)[C@H]23)cc1. The lowest BCUT2D eigenvalue weighted by Gasteiger charge is -2.43. The van der Waals surface area contributed by atoms with Crippen LogP contribution in [0.5, 0.6) is 11.5 Å². The number of nitrogens with zero attached hydrogens (tertiary/aromatic N) is 1. The zero-order valence-electron chi connectivity index (χ0n) is 24.8. The van der Waals surface area contributed by atoms with Gasteiger partial charge in [-0.2, -0.15) is 0 Å². The monoisotopic (exact) mass is 691 g/mol. The largest absolute Gasteiger partial charge is 0.497 e. The number of H-pyrrole nitrogens is 1. The topological polar surface area (TPSA) is 118 Å². The molecule has 9 nitrogen and oxygen atoms in total. The highest BCUT2D eigenvalue weighted by molar-refractivity contribution is 8.00. The second-order valence-electron chi connectivity index (χ2n) is 12.2. The third kappa shape index (κ3) is 4.96. The maximum absolute atomic E-state index is 14.0. The fraction of sp³-hybridized carbons (Fsp3) is 0.294. The molecule has 2 aliphatic heterocycles. The molecule has 1 saturated heterocycles. The van der Waals surface area contributed by atoms with E-state index < -0.39 is 17.7 Å². The Morgan fingerprint density at radius 2 is 1.74 bits per heavy atom. The molecule has 2 bridgehead atoms. The van der Waals surface area contributed by atoms with E-state index >= 15 is 0 Å². The number of carbonyl (C=O) groups is 3. The molecule has 8 rings (SSSR count). The van der Waals surface area contributed by atoms with Crippen LogP contribution in [0.1, 0.15) is 22.8 Å². The molecule has 7 atom stereocenters. The third-order valence-corrected chi connectivity index (χ3v) is 12.7. The van der Waals surface area contributed by atoms with E-state index in [2.05, 4.69) is 10.3 Å². The zero-order chi connectivity index (χ0) is 32.6. The molecule has 47 heavy (non-hydrogen) atoms. The summed E-state index contributed by atoms with van der Waals surface area (Å²) in [4.78, 5) is 58.3. The minimum absolute atomic E-state index is 0.0564. The van der Waals surface area contributed by atoms with Crippen molar-refractivity contribution in [1.82, 2.24) is 4.98 Å². The van der Waals surface area contributed by atoms with Crippen molar-refractivity contribution in [2.75, 3.05) is 23.9 Å². The van der Waals surface area contributed by atoms with Gasteiger partial charge in [0.1, 0.15) is 17.3 Å². The van der Waals surface area contributed by atoms with Crippen LogP contribution in [-0.4, -0.2) is 41.7 Å². The molecule has 1 aromatic heterocycles. The third-order valence-electron chi connectivity index (χ3n) is 9.85. The maximum atomic E-state index is 14.0. The predicted molar refractivity (Wildman–Crippen MR) is 176 cm³/mol. The van der Waals surface area contributed by atoms with Gasteiger partial charge in [0.2, 0.25) is 11.8 Å². The van der Waals surface area contributed by atoms with Gasteiger partial charge >= 0.3 is 4.87 Å². The van der Waals surface area contributed by atoms with Gasteiger partial charge in [0.15, 0.2) is 6.61 Å². The summed E-state index contributed by atoms with van der Waals surface area (Å²) in [6, 6.07) is 17.6. The molecular formula is C34H27ClFN3O6S2. The van der Waals surface area contributed by atoms with E-state index in [4.69, 9.17) is 21.1 Å². The van der Waals surface area contributed by atoms with Crippen LogP contribution in [0.25, 0.3) is 0 Å². The number of rotatable bonds is 7. The molecule has 3 heterocycles. The molecule has 3 amide bonds. The van der Waals surface area contributed by atoms with Crippen molar-refractivity contribution in [1.29, 1.82) is 0 Å². The van der Waals surface area contributed by atoms with E-state index in [0.29, 0.717) is 34.3 Å². The minimum Gasteiger partial charge on any atom is -0.497 e. The van der Waals surface area contributed by atoms with E-state index in [1.807, 2.05) is 0 Å². The first-order valence-corrected chi connectivity index (χ1v) is 17.2. The Labute approximate surface area is 281 Å². The number of hydrogen-bond donors (Lipinski definition) is 2. The number of imide groups is 1. The number of fused-ring (bicyclic) bond motifs is 9. The normalized spacial score (nSPS) is 27.0. The highest BCUT2D eigenvalue weighted by Crippen LogP contribution is 2.69. The van der Waals surface area contributed by atoms with E-state index in [0.717, 1.165) is 26.8 Å². The van der Waals surface area contributed by atoms with Crippen LogP contribution in [0.2, 0.25) is 5.02 Å². The van der Waals surface area contributed by atoms with E-state index in [-0.39, 0.29) is 58.1 Å². The number of aromatic nitrogens is 1. The average molecular weight is 692 g/mol. The molecule has 3 fully saturated rings. The first-order chi connectivity index (χ1) is 22.7. The van der Waals surface area contributed by atoms with Crippen molar-refractivity contribution in [2.24, 2.45) is 29.6 Å². The van der Waals surface area contributed by atoms with Crippen LogP contribution in [0.3, 0.4) is 0 Å². The van der Waals surface area contributed by atoms with E-state index in [1.165, 1.54) is 29.2 Å². The van der Waals surface area contributed by atoms with Gasteiger partial charge in [-0.3, -0.25) is 24.1 Å². The van der Waals surface area contributed by atoms with Gasteiger partial charge in [-0.1, -0.05) is 22.9 Å². The summed E-state index contributed by atoms with van der Waals surface area (Å²) in [6.45, 7) is -0.275. The van der Waals surface area contributed by atoms with Crippen molar-refractivity contribution in [3.8, 4) is 11.5 Å². The van der Waals surface area contributed by atoms with Gasteiger partial charge in [0.05, 0.1) is 29.7 Å². The molecule has 4 aromatic rings. The Morgan fingerprint density at radius 3 is 2.47 bits per heavy atom. The Morgan fingerprint density at radius 1 is 1.02 bits per heavy atom. The summed E-state index contributed by atoms with van der Waals surface area (Å²) in [7, 11) is 1.57. The summed E-state index contributed by atoms with van der Waals surface area (Å²) in [5, 5.41) is 3.97. The van der Waals surface area contributed by atoms with Gasteiger partial charge in [0, 0.05) is 32.3 Å². The minimum atomic E-state index is -0.530. The number of aromatic amines is 1. The number of anilines is 2. The quantitative estimate of drug-likeness (QED) is 0.231. The highest BCUT2D eigenvalue weighted by atomic mass is 35.5. The number of ether oxygens (including phenoxy) is 2.